The van der Waals surface area contributed by atoms with Gasteiger partial charge in [-0.1, -0.05) is 38.0 Å². The highest BCUT2D eigenvalue weighted by Crippen LogP contribution is 2.28. The SMILES string of the molecule is CC([SiH3])[SiH2]N(c1ccccc1)C1CCCC1. The Labute approximate surface area is 105 Å². The van der Waals surface area contributed by atoms with Gasteiger partial charge in [-0.25, -0.2) is 0 Å². The first-order valence-corrected chi connectivity index (χ1v) is 9.19. The number of hydrogen-bond acceptors (Lipinski definition) is 1. The summed E-state index contributed by atoms with van der Waals surface area (Å²) in [4.78, 5) is 0. The van der Waals surface area contributed by atoms with Crippen molar-refractivity contribution >= 4 is 25.6 Å². The first-order valence-electron chi connectivity index (χ1n) is 6.59. The van der Waals surface area contributed by atoms with Crippen LogP contribution in [-0.2, 0) is 0 Å². The molecule has 0 spiro atoms. The molecule has 0 saturated heterocycles. The maximum atomic E-state index is 2.80. The fraction of sp³-hybridized carbons (Fsp3) is 0.538. The molecule has 0 aliphatic heterocycles. The van der Waals surface area contributed by atoms with Crippen molar-refractivity contribution in [2.24, 2.45) is 0 Å². The average molecular weight is 250 g/mol. The summed E-state index contributed by atoms with van der Waals surface area (Å²) in [5.74, 6) is 0. The Balaban J connectivity index is 2.13. The summed E-state index contributed by atoms with van der Waals surface area (Å²) < 4.78 is 2.80. The molecule has 3 heteroatoms. The number of anilines is 1. The lowest BCUT2D eigenvalue weighted by molar-refractivity contribution is 0.698. The average Bonchev–Trinajstić information content (AvgIpc) is 2.80. The van der Waals surface area contributed by atoms with E-state index in [2.05, 4.69) is 41.8 Å². The quantitative estimate of drug-likeness (QED) is 0.734. The summed E-state index contributed by atoms with van der Waals surface area (Å²) in [5, 5.41) is 1.01. The smallest absolute Gasteiger partial charge is 0.124 e. The van der Waals surface area contributed by atoms with Crippen LogP contribution in [0, 0.1) is 0 Å². The van der Waals surface area contributed by atoms with Crippen LogP contribution in [0.25, 0.3) is 0 Å². The fourth-order valence-corrected chi connectivity index (χ4v) is 5.75. The van der Waals surface area contributed by atoms with Crippen molar-refractivity contribution in [3.63, 3.8) is 0 Å². The third-order valence-electron chi connectivity index (χ3n) is 3.42. The van der Waals surface area contributed by atoms with E-state index in [1.807, 2.05) is 0 Å². The molecule has 1 unspecified atom stereocenters. The lowest BCUT2D eigenvalue weighted by Crippen LogP contribution is -2.38. The van der Waals surface area contributed by atoms with E-state index in [0.717, 1.165) is 11.2 Å². The van der Waals surface area contributed by atoms with E-state index in [1.54, 1.807) is 0 Å². The van der Waals surface area contributed by atoms with Gasteiger partial charge in [0.25, 0.3) is 0 Å². The van der Waals surface area contributed by atoms with Crippen LogP contribution in [-0.4, -0.2) is 26.0 Å². The molecule has 16 heavy (non-hydrogen) atoms. The molecule has 2 rings (SSSR count). The van der Waals surface area contributed by atoms with Gasteiger partial charge in [-0.15, -0.1) is 0 Å². The number of rotatable bonds is 4. The maximum Gasteiger partial charge on any atom is 0.124 e. The van der Waals surface area contributed by atoms with Crippen molar-refractivity contribution in [3.05, 3.63) is 30.3 Å². The van der Waals surface area contributed by atoms with Gasteiger partial charge in [-0.2, -0.15) is 0 Å². The summed E-state index contributed by atoms with van der Waals surface area (Å²) in [6.45, 7) is 2.43. The van der Waals surface area contributed by atoms with Gasteiger partial charge < -0.3 is 4.57 Å². The monoisotopic (exact) mass is 249 g/mol. The van der Waals surface area contributed by atoms with Gasteiger partial charge in [0.1, 0.15) is 9.68 Å². The van der Waals surface area contributed by atoms with Crippen LogP contribution in [0.5, 0.6) is 0 Å². The molecule has 0 aromatic heterocycles. The minimum Gasteiger partial charge on any atom is -0.401 e. The highest BCUT2D eigenvalue weighted by Gasteiger charge is 2.23. The zero-order valence-electron chi connectivity index (χ0n) is 10.5. The van der Waals surface area contributed by atoms with E-state index in [0.29, 0.717) is 0 Å². The standard InChI is InChI=1S/C13H23NSi2/c1-11(15)16-14(13-9-5-6-10-13)12-7-3-2-4-8-12/h2-4,7-8,11,13H,5-6,9-10,16H2,1,15H3. The minimum absolute atomic E-state index is 0.0726. The molecule has 0 radical (unpaired) electrons. The van der Waals surface area contributed by atoms with Crippen LogP contribution in [0.2, 0.25) is 5.16 Å². The van der Waals surface area contributed by atoms with E-state index >= 15 is 0 Å². The van der Waals surface area contributed by atoms with Gasteiger partial charge in [0, 0.05) is 22.0 Å². The molecule has 1 atom stereocenters. The van der Waals surface area contributed by atoms with E-state index in [9.17, 15) is 0 Å². The summed E-state index contributed by atoms with van der Waals surface area (Å²) in [5.41, 5.74) is 1.49. The van der Waals surface area contributed by atoms with Crippen LogP contribution in [0.15, 0.2) is 30.3 Å². The van der Waals surface area contributed by atoms with Crippen LogP contribution in [0.1, 0.15) is 32.6 Å². The molecule has 1 nitrogen and oxygen atoms in total. The van der Waals surface area contributed by atoms with Gasteiger partial charge in [-0.3, -0.25) is 0 Å². The Bertz CT molecular complexity index is 307. The van der Waals surface area contributed by atoms with Gasteiger partial charge in [0.2, 0.25) is 0 Å². The molecule has 1 aliphatic rings. The molecular weight excluding hydrogens is 226 g/mol. The number of para-hydroxylation sites is 1. The predicted molar refractivity (Wildman–Crippen MR) is 79.1 cm³/mol. The van der Waals surface area contributed by atoms with Crippen molar-refractivity contribution in [2.45, 2.75) is 43.8 Å². The van der Waals surface area contributed by atoms with E-state index in [4.69, 9.17) is 0 Å². The van der Waals surface area contributed by atoms with Crippen LogP contribution >= 0.6 is 0 Å². The van der Waals surface area contributed by atoms with Crippen LogP contribution in [0.4, 0.5) is 5.69 Å². The summed E-state index contributed by atoms with van der Waals surface area (Å²) >= 11 is 0. The second-order valence-corrected chi connectivity index (χ2v) is 11.6. The molecule has 1 saturated carbocycles. The van der Waals surface area contributed by atoms with Crippen molar-refractivity contribution in [2.75, 3.05) is 4.57 Å². The largest absolute Gasteiger partial charge is 0.401 e. The van der Waals surface area contributed by atoms with Gasteiger partial charge >= 0.3 is 0 Å². The van der Waals surface area contributed by atoms with Crippen molar-refractivity contribution in [3.8, 4) is 0 Å². The Morgan fingerprint density at radius 2 is 1.88 bits per heavy atom. The van der Waals surface area contributed by atoms with Crippen molar-refractivity contribution in [1.29, 1.82) is 0 Å². The lowest BCUT2D eigenvalue weighted by atomic mass is 10.2. The van der Waals surface area contributed by atoms with Crippen LogP contribution < -0.4 is 4.57 Å². The molecule has 1 aromatic rings. The molecular formula is C13H23NSi2. The van der Waals surface area contributed by atoms with Gasteiger partial charge in [0.15, 0.2) is 0 Å². The van der Waals surface area contributed by atoms with E-state index in [1.165, 1.54) is 41.6 Å². The van der Waals surface area contributed by atoms with E-state index < -0.39 is 0 Å². The molecule has 88 valence electrons. The third kappa shape index (κ3) is 2.98. The molecule has 0 N–H and O–H groups in total. The molecule has 0 bridgehead atoms. The second kappa shape index (κ2) is 5.68. The normalized spacial score (nSPS) is 19.6. The second-order valence-electron chi connectivity index (χ2n) is 5.32. The van der Waals surface area contributed by atoms with Gasteiger partial charge in [-0.05, 0) is 30.1 Å². The Morgan fingerprint density at radius 1 is 1.25 bits per heavy atom. The number of hydrogen-bond donors (Lipinski definition) is 0. The Hall–Kier alpha value is -0.546. The summed E-state index contributed by atoms with van der Waals surface area (Å²) in [6.07, 6.45) is 5.74. The predicted octanol–water partition coefficient (Wildman–Crippen LogP) is 1.65. The highest BCUT2D eigenvalue weighted by molar-refractivity contribution is 6.53. The molecule has 0 heterocycles. The highest BCUT2D eigenvalue weighted by atomic mass is 28.3. The molecule has 1 aliphatic carbocycles. The minimum atomic E-state index is -0.0726. The summed E-state index contributed by atoms with van der Waals surface area (Å²) in [7, 11) is 1.29. The van der Waals surface area contributed by atoms with E-state index in [-0.39, 0.29) is 9.68 Å². The van der Waals surface area contributed by atoms with Crippen LogP contribution in [0.3, 0.4) is 0 Å². The topological polar surface area (TPSA) is 3.24 Å². The zero-order valence-corrected chi connectivity index (χ0v) is 13.9. The number of nitrogens with zero attached hydrogens (tertiary/aromatic N) is 1. The fourth-order valence-electron chi connectivity index (χ4n) is 2.69. The molecule has 1 aromatic carbocycles. The first kappa shape index (κ1) is 11.9. The zero-order chi connectivity index (χ0) is 11.4. The Kier molecular flexibility index (Phi) is 4.24. The third-order valence-corrected chi connectivity index (χ3v) is 6.52. The molecule has 0 amide bonds. The maximum absolute atomic E-state index is 2.80. The molecule has 1 fully saturated rings. The summed E-state index contributed by atoms with van der Waals surface area (Å²) in [6, 6.07) is 12.0. The first-order chi connectivity index (χ1) is 7.77. The Morgan fingerprint density at radius 3 is 2.44 bits per heavy atom. The number of benzene rings is 1. The van der Waals surface area contributed by atoms with Crippen molar-refractivity contribution < 1.29 is 0 Å². The van der Waals surface area contributed by atoms with Gasteiger partial charge in [0.05, 0.1) is 0 Å². The lowest BCUT2D eigenvalue weighted by Gasteiger charge is -2.33. The van der Waals surface area contributed by atoms with Crippen molar-refractivity contribution in [1.82, 2.24) is 0 Å².